The first-order valence-electron chi connectivity index (χ1n) is 7.25. The molecule has 1 unspecified atom stereocenters. The van der Waals surface area contributed by atoms with Crippen LogP contribution in [-0.2, 0) is 4.79 Å². The molecule has 3 N–H and O–H groups in total. The van der Waals surface area contributed by atoms with E-state index in [0.717, 1.165) is 12.8 Å². The van der Waals surface area contributed by atoms with Crippen molar-refractivity contribution in [2.24, 2.45) is 11.7 Å². The fourth-order valence-electron chi connectivity index (χ4n) is 2.58. The molecule has 0 radical (unpaired) electrons. The van der Waals surface area contributed by atoms with Crippen LogP contribution >= 0.6 is 28.3 Å². The molecule has 8 heteroatoms. The normalized spacial score (nSPS) is 17.3. The molecule has 1 saturated heterocycles. The molecule has 0 spiro atoms. The quantitative estimate of drug-likeness (QED) is 0.799. The van der Waals surface area contributed by atoms with Crippen LogP contribution in [-0.4, -0.2) is 42.9 Å². The molecule has 5 nitrogen and oxygen atoms in total. The second-order valence-corrected chi connectivity index (χ2v) is 6.12. The number of carbonyl (C=O) groups excluding carboxylic acids is 2. The molecule has 23 heavy (non-hydrogen) atoms. The lowest BCUT2D eigenvalue weighted by molar-refractivity contribution is -0.126. The fourth-order valence-corrected chi connectivity index (χ4v) is 3.09. The molecule has 1 aliphatic rings. The molecule has 1 heterocycles. The van der Waals surface area contributed by atoms with Gasteiger partial charge in [0.25, 0.3) is 5.91 Å². The number of benzene rings is 1. The average molecular weight is 409 g/mol. The summed E-state index contributed by atoms with van der Waals surface area (Å²) in [5, 5.41) is 2.74. The molecular formula is C15H20BrClFN3O2. The number of nitrogens with two attached hydrogens (primary N) is 1. The molecule has 0 aliphatic carbocycles. The second-order valence-electron chi connectivity index (χ2n) is 5.27. The van der Waals surface area contributed by atoms with Crippen molar-refractivity contribution in [3.63, 3.8) is 0 Å². The van der Waals surface area contributed by atoms with Gasteiger partial charge in [0.15, 0.2) is 0 Å². The number of likely N-dealkylation sites (tertiary alicyclic amines) is 1. The number of rotatable bonds is 4. The smallest absolute Gasteiger partial charge is 0.258 e. The Morgan fingerprint density at radius 1 is 1.43 bits per heavy atom. The lowest BCUT2D eigenvalue weighted by Gasteiger charge is -2.32. The van der Waals surface area contributed by atoms with Gasteiger partial charge in [-0.05, 0) is 40.9 Å². The van der Waals surface area contributed by atoms with Crippen LogP contribution in [0.3, 0.4) is 0 Å². The maximum Gasteiger partial charge on any atom is 0.258 e. The molecule has 2 amide bonds. The van der Waals surface area contributed by atoms with Gasteiger partial charge in [0.1, 0.15) is 5.82 Å². The number of amides is 2. The number of piperidine rings is 1. The van der Waals surface area contributed by atoms with Gasteiger partial charge in [0, 0.05) is 30.7 Å². The molecule has 1 aromatic rings. The van der Waals surface area contributed by atoms with E-state index in [1.54, 1.807) is 11.0 Å². The van der Waals surface area contributed by atoms with Crippen LogP contribution in [0.5, 0.6) is 0 Å². The first kappa shape index (κ1) is 19.9. The minimum atomic E-state index is -0.561. The van der Waals surface area contributed by atoms with Gasteiger partial charge < -0.3 is 16.0 Å². The van der Waals surface area contributed by atoms with Crippen molar-refractivity contribution < 1.29 is 14.0 Å². The van der Waals surface area contributed by atoms with Gasteiger partial charge in [-0.1, -0.05) is 6.07 Å². The molecule has 1 aromatic carbocycles. The Bertz CT molecular complexity index is 553. The number of halogens is 3. The van der Waals surface area contributed by atoms with Gasteiger partial charge in [0.2, 0.25) is 5.91 Å². The van der Waals surface area contributed by atoms with Gasteiger partial charge >= 0.3 is 0 Å². The Morgan fingerprint density at radius 2 is 2.17 bits per heavy atom. The highest BCUT2D eigenvalue weighted by Crippen LogP contribution is 2.24. The van der Waals surface area contributed by atoms with Gasteiger partial charge in [0.05, 0.1) is 11.5 Å². The predicted octanol–water partition coefficient (Wildman–Crippen LogP) is 1.94. The third-order valence-electron chi connectivity index (χ3n) is 3.70. The first-order valence-corrected chi connectivity index (χ1v) is 8.05. The highest BCUT2D eigenvalue weighted by atomic mass is 79.9. The van der Waals surface area contributed by atoms with E-state index in [-0.39, 0.29) is 35.7 Å². The topological polar surface area (TPSA) is 75.4 Å². The second kappa shape index (κ2) is 9.20. The standard InChI is InChI=1S/C15H19BrFN3O2.ClH/c16-11-4-1-5-12(17)13(11)15(22)20-8-2-3-10(9-20)14(21)19-7-6-18;/h1,4-5,10H,2-3,6-9,18H2,(H,19,21);1H. The van der Waals surface area contributed by atoms with Crippen molar-refractivity contribution >= 4 is 40.2 Å². The van der Waals surface area contributed by atoms with Gasteiger partial charge in [-0.3, -0.25) is 9.59 Å². The maximum atomic E-state index is 13.9. The van der Waals surface area contributed by atoms with E-state index in [1.165, 1.54) is 12.1 Å². The van der Waals surface area contributed by atoms with E-state index in [4.69, 9.17) is 5.73 Å². The van der Waals surface area contributed by atoms with Crippen LogP contribution in [0.2, 0.25) is 0 Å². The van der Waals surface area contributed by atoms with Crippen molar-refractivity contribution in [1.82, 2.24) is 10.2 Å². The molecular weight excluding hydrogens is 389 g/mol. The van der Waals surface area contributed by atoms with Crippen LogP contribution in [0, 0.1) is 11.7 Å². The minimum absolute atomic E-state index is 0. The first-order chi connectivity index (χ1) is 10.5. The molecule has 1 aliphatic heterocycles. The molecule has 0 aromatic heterocycles. The Labute approximate surface area is 149 Å². The third-order valence-corrected chi connectivity index (χ3v) is 4.36. The molecule has 0 bridgehead atoms. The molecule has 0 saturated carbocycles. The molecule has 2 rings (SSSR count). The minimum Gasteiger partial charge on any atom is -0.355 e. The highest BCUT2D eigenvalue weighted by Gasteiger charge is 2.30. The summed E-state index contributed by atoms with van der Waals surface area (Å²) in [5.41, 5.74) is 5.38. The van der Waals surface area contributed by atoms with Crippen molar-refractivity contribution in [1.29, 1.82) is 0 Å². The monoisotopic (exact) mass is 407 g/mol. The van der Waals surface area contributed by atoms with Crippen molar-refractivity contribution in [3.8, 4) is 0 Å². The van der Waals surface area contributed by atoms with Gasteiger partial charge in [-0.15, -0.1) is 12.4 Å². The van der Waals surface area contributed by atoms with Crippen molar-refractivity contribution in [2.75, 3.05) is 26.2 Å². The zero-order chi connectivity index (χ0) is 16.1. The summed E-state index contributed by atoms with van der Waals surface area (Å²) in [4.78, 5) is 26.1. The van der Waals surface area contributed by atoms with E-state index in [9.17, 15) is 14.0 Å². The van der Waals surface area contributed by atoms with E-state index in [1.807, 2.05) is 0 Å². The van der Waals surface area contributed by atoms with Crippen molar-refractivity contribution in [3.05, 3.63) is 34.1 Å². The number of hydrogen-bond donors (Lipinski definition) is 2. The molecule has 128 valence electrons. The van der Waals surface area contributed by atoms with Gasteiger partial charge in [-0.2, -0.15) is 0 Å². The summed E-state index contributed by atoms with van der Waals surface area (Å²) in [6.07, 6.45) is 1.44. The summed E-state index contributed by atoms with van der Waals surface area (Å²) in [6, 6.07) is 4.43. The van der Waals surface area contributed by atoms with E-state index < -0.39 is 5.82 Å². The summed E-state index contributed by atoms with van der Waals surface area (Å²) in [6.45, 7) is 1.63. The summed E-state index contributed by atoms with van der Waals surface area (Å²) in [7, 11) is 0. The summed E-state index contributed by atoms with van der Waals surface area (Å²) >= 11 is 3.21. The Hall–Kier alpha value is -1.18. The highest BCUT2D eigenvalue weighted by molar-refractivity contribution is 9.10. The van der Waals surface area contributed by atoms with E-state index in [2.05, 4.69) is 21.2 Å². The lowest BCUT2D eigenvalue weighted by Crippen LogP contribution is -2.46. The van der Waals surface area contributed by atoms with Crippen LogP contribution in [0.1, 0.15) is 23.2 Å². The largest absolute Gasteiger partial charge is 0.355 e. The maximum absolute atomic E-state index is 13.9. The summed E-state index contributed by atoms with van der Waals surface area (Å²) < 4.78 is 14.3. The zero-order valence-electron chi connectivity index (χ0n) is 12.6. The SMILES string of the molecule is Cl.NCCNC(=O)C1CCCN(C(=O)c2c(F)cccc2Br)C1. The Balaban J connectivity index is 0.00000264. The van der Waals surface area contributed by atoms with Crippen LogP contribution in [0.25, 0.3) is 0 Å². The third kappa shape index (κ3) is 4.89. The number of hydrogen-bond acceptors (Lipinski definition) is 3. The van der Waals surface area contributed by atoms with Crippen LogP contribution in [0.4, 0.5) is 4.39 Å². The zero-order valence-corrected chi connectivity index (χ0v) is 15.0. The predicted molar refractivity (Wildman–Crippen MR) is 92.0 cm³/mol. The van der Waals surface area contributed by atoms with E-state index in [0.29, 0.717) is 30.7 Å². The number of nitrogens with zero attached hydrogens (tertiary/aromatic N) is 1. The summed E-state index contributed by atoms with van der Waals surface area (Å²) in [5.74, 6) is -1.32. The number of carbonyl (C=O) groups is 2. The average Bonchev–Trinajstić information content (AvgIpc) is 2.52. The molecule has 1 fully saturated rings. The molecule has 1 atom stereocenters. The fraction of sp³-hybridized carbons (Fsp3) is 0.467. The van der Waals surface area contributed by atoms with Crippen molar-refractivity contribution in [2.45, 2.75) is 12.8 Å². The Kier molecular flexibility index (Phi) is 7.94. The van der Waals surface area contributed by atoms with Gasteiger partial charge in [-0.25, -0.2) is 4.39 Å². The van der Waals surface area contributed by atoms with Crippen LogP contribution < -0.4 is 11.1 Å². The lowest BCUT2D eigenvalue weighted by atomic mass is 9.96. The Morgan fingerprint density at radius 3 is 2.83 bits per heavy atom. The number of nitrogens with one attached hydrogen (secondary N) is 1. The van der Waals surface area contributed by atoms with Crippen LogP contribution in [0.15, 0.2) is 22.7 Å². The van der Waals surface area contributed by atoms with E-state index >= 15 is 0 Å².